The Morgan fingerprint density at radius 3 is 2.45 bits per heavy atom. The van der Waals surface area contributed by atoms with Crippen molar-refractivity contribution >= 4 is 29.2 Å². The Kier molecular flexibility index (Phi) is 4.67. The summed E-state index contributed by atoms with van der Waals surface area (Å²) in [5.74, 6) is -1.71. The van der Waals surface area contributed by atoms with Gasteiger partial charge < -0.3 is 19.9 Å². The maximum atomic E-state index is 15.5. The number of hydrogen-bond donors (Lipinski definition) is 3. The molecule has 0 saturated carbocycles. The van der Waals surface area contributed by atoms with Crippen molar-refractivity contribution in [2.24, 2.45) is 5.41 Å². The predicted octanol–water partition coefficient (Wildman–Crippen LogP) is 0.126. The van der Waals surface area contributed by atoms with Crippen LogP contribution in [0.25, 0.3) is 0 Å². The van der Waals surface area contributed by atoms with Crippen molar-refractivity contribution in [2.75, 3.05) is 42.5 Å². The van der Waals surface area contributed by atoms with Gasteiger partial charge in [-0.25, -0.2) is 9.18 Å². The Labute approximate surface area is 179 Å². The van der Waals surface area contributed by atoms with Gasteiger partial charge in [-0.15, -0.1) is 0 Å². The molecule has 0 bridgehead atoms. The fourth-order valence-electron chi connectivity index (χ4n) is 5.62. The topological polar surface area (TPSA) is 103 Å². The minimum atomic E-state index is -1.59. The van der Waals surface area contributed by atoms with Gasteiger partial charge in [-0.2, -0.15) is 0 Å². The van der Waals surface area contributed by atoms with E-state index in [1.807, 2.05) is 13.0 Å². The van der Waals surface area contributed by atoms with Gasteiger partial charge in [0.1, 0.15) is 5.82 Å². The zero-order valence-electron chi connectivity index (χ0n) is 17.5. The van der Waals surface area contributed by atoms with Gasteiger partial charge in [-0.05, 0) is 31.5 Å². The molecule has 4 aliphatic heterocycles. The Bertz CT molecular complexity index is 943. The number of rotatable bonds is 1. The number of urea groups is 1. The number of halogens is 1. The van der Waals surface area contributed by atoms with E-state index in [1.54, 1.807) is 11.8 Å². The number of anilines is 2. The monoisotopic (exact) mass is 431 g/mol. The van der Waals surface area contributed by atoms with Crippen LogP contribution in [0, 0.1) is 11.2 Å². The van der Waals surface area contributed by atoms with E-state index in [0.717, 1.165) is 31.9 Å². The third kappa shape index (κ3) is 3.00. The van der Waals surface area contributed by atoms with Gasteiger partial charge in [0.05, 0.1) is 23.9 Å². The van der Waals surface area contributed by atoms with Crippen LogP contribution in [0.5, 0.6) is 0 Å². The molecule has 4 aliphatic rings. The molecule has 1 aromatic rings. The summed E-state index contributed by atoms with van der Waals surface area (Å²) in [5.41, 5.74) is 0.141. The molecule has 3 saturated heterocycles. The number of amides is 4. The second-order valence-electron chi connectivity index (χ2n) is 8.81. The van der Waals surface area contributed by atoms with Crippen LogP contribution in [0.15, 0.2) is 12.1 Å². The number of carbonyl (C=O) groups excluding carboxylic acids is 3. The molecule has 1 spiro atoms. The first-order valence-corrected chi connectivity index (χ1v) is 10.7. The standard InChI is InChI=1S/C21H26FN5O4/c1-11-10-27-16-13(7-14(8-15(16)22)26-5-3-23-4-6-26)9-21(17(27)12(2)31-11)18(28)24-20(30)25-19(21)29/h7-8,11-12,17,23H,3-6,9-10H2,1-2H3,(H2,24,25,28,29,30)/t11-,12+,17-/m1/s1. The first-order chi connectivity index (χ1) is 14.8. The van der Waals surface area contributed by atoms with E-state index in [4.69, 9.17) is 4.74 Å². The van der Waals surface area contributed by atoms with Crippen molar-refractivity contribution in [1.82, 2.24) is 16.0 Å². The molecule has 1 aromatic carbocycles. The lowest BCUT2D eigenvalue weighted by Gasteiger charge is -2.55. The number of hydrogen-bond acceptors (Lipinski definition) is 7. The van der Waals surface area contributed by atoms with E-state index >= 15 is 4.39 Å². The molecule has 0 aromatic heterocycles. The van der Waals surface area contributed by atoms with Crippen LogP contribution in [0.2, 0.25) is 0 Å². The number of benzene rings is 1. The zero-order chi connectivity index (χ0) is 21.9. The van der Waals surface area contributed by atoms with Crippen LogP contribution in [-0.4, -0.2) is 68.8 Å². The van der Waals surface area contributed by atoms with Crippen LogP contribution < -0.4 is 25.8 Å². The fraction of sp³-hybridized carbons (Fsp3) is 0.571. The van der Waals surface area contributed by atoms with E-state index in [9.17, 15) is 14.4 Å². The first kappa shape index (κ1) is 20.2. The predicted molar refractivity (Wildman–Crippen MR) is 110 cm³/mol. The third-order valence-corrected chi connectivity index (χ3v) is 6.82. The summed E-state index contributed by atoms with van der Waals surface area (Å²) < 4.78 is 21.5. The second kappa shape index (κ2) is 7.16. The number of carbonyl (C=O) groups is 3. The average Bonchev–Trinajstić information content (AvgIpc) is 2.71. The quantitative estimate of drug-likeness (QED) is 0.543. The second-order valence-corrected chi connectivity index (χ2v) is 8.81. The summed E-state index contributed by atoms with van der Waals surface area (Å²) in [7, 11) is 0. The number of morpholine rings is 1. The van der Waals surface area contributed by atoms with Crippen LogP contribution >= 0.6 is 0 Å². The first-order valence-electron chi connectivity index (χ1n) is 10.7. The summed E-state index contributed by atoms with van der Waals surface area (Å²) in [6.07, 6.45) is -0.736. The van der Waals surface area contributed by atoms with Crippen LogP contribution in [0.4, 0.5) is 20.6 Å². The molecular formula is C21H26FN5O4. The van der Waals surface area contributed by atoms with Crippen LogP contribution in [-0.2, 0) is 20.7 Å². The van der Waals surface area contributed by atoms with Crippen LogP contribution in [0.3, 0.4) is 0 Å². The molecule has 3 atom stereocenters. The molecule has 3 N–H and O–H groups in total. The number of nitrogens with one attached hydrogen (secondary N) is 3. The number of piperazine rings is 1. The van der Waals surface area contributed by atoms with Crippen molar-refractivity contribution in [2.45, 2.75) is 38.5 Å². The van der Waals surface area contributed by atoms with Crippen molar-refractivity contribution in [3.63, 3.8) is 0 Å². The highest BCUT2D eigenvalue weighted by molar-refractivity contribution is 6.20. The molecule has 9 nitrogen and oxygen atoms in total. The summed E-state index contributed by atoms with van der Waals surface area (Å²) in [6, 6.07) is 1.85. The average molecular weight is 431 g/mol. The van der Waals surface area contributed by atoms with Gasteiger partial charge in [-0.1, -0.05) is 0 Å². The maximum absolute atomic E-state index is 15.5. The number of imide groups is 2. The molecular weight excluding hydrogens is 405 g/mol. The SMILES string of the molecule is C[C@@H]1CN2c3c(F)cc(N4CCNCC4)cc3CC3(C(=O)NC(=O)NC3=O)[C@H]2[C@H](C)O1. The molecule has 0 radical (unpaired) electrons. The molecule has 10 heteroatoms. The molecule has 0 aliphatic carbocycles. The molecule has 166 valence electrons. The third-order valence-electron chi connectivity index (χ3n) is 6.82. The lowest BCUT2D eigenvalue weighted by molar-refractivity contribution is -0.153. The summed E-state index contributed by atoms with van der Waals surface area (Å²) in [4.78, 5) is 42.0. The molecule has 3 fully saturated rings. The van der Waals surface area contributed by atoms with E-state index in [-0.39, 0.29) is 18.3 Å². The van der Waals surface area contributed by atoms with Crippen molar-refractivity contribution in [1.29, 1.82) is 0 Å². The van der Waals surface area contributed by atoms with E-state index in [2.05, 4.69) is 20.9 Å². The maximum Gasteiger partial charge on any atom is 0.328 e. The number of nitrogens with zero attached hydrogens (tertiary/aromatic N) is 2. The van der Waals surface area contributed by atoms with E-state index < -0.39 is 35.4 Å². The Hall–Kier alpha value is -2.72. The minimum Gasteiger partial charge on any atom is -0.372 e. The van der Waals surface area contributed by atoms with Crippen molar-refractivity contribution < 1.29 is 23.5 Å². The van der Waals surface area contributed by atoms with Crippen molar-refractivity contribution in [3.05, 3.63) is 23.5 Å². The number of fused-ring (bicyclic) bond motifs is 4. The molecule has 0 unspecified atom stereocenters. The molecule has 5 rings (SSSR count). The Morgan fingerprint density at radius 1 is 1.10 bits per heavy atom. The summed E-state index contributed by atoms with van der Waals surface area (Å²) >= 11 is 0. The highest BCUT2D eigenvalue weighted by Gasteiger charge is 2.63. The Morgan fingerprint density at radius 2 is 1.77 bits per heavy atom. The normalized spacial score (nSPS) is 29.9. The van der Waals surface area contributed by atoms with Gasteiger partial charge in [0.2, 0.25) is 11.8 Å². The van der Waals surface area contributed by atoms with E-state index in [1.165, 1.54) is 6.07 Å². The van der Waals surface area contributed by atoms with Crippen molar-refractivity contribution in [3.8, 4) is 0 Å². The van der Waals surface area contributed by atoms with Gasteiger partial charge in [0.25, 0.3) is 0 Å². The van der Waals surface area contributed by atoms with E-state index in [0.29, 0.717) is 17.8 Å². The summed E-state index contributed by atoms with van der Waals surface area (Å²) in [6.45, 7) is 7.09. The van der Waals surface area contributed by atoms with Gasteiger partial charge >= 0.3 is 6.03 Å². The number of barbiturate groups is 1. The fourth-order valence-corrected chi connectivity index (χ4v) is 5.62. The Balaban J connectivity index is 1.66. The van der Waals surface area contributed by atoms with Gasteiger partial charge in [-0.3, -0.25) is 20.2 Å². The smallest absolute Gasteiger partial charge is 0.328 e. The zero-order valence-corrected chi connectivity index (χ0v) is 17.5. The largest absolute Gasteiger partial charge is 0.372 e. The molecule has 4 amide bonds. The molecule has 4 heterocycles. The summed E-state index contributed by atoms with van der Waals surface area (Å²) in [5, 5.41) is 7.78. The number of ether oxygens (including phenoxy) is 1. The van der Waals surface area contributed by atoms with Gasteiger partial charge in [0, 0.05) is 44.8 Å². The molecule has 31 heavy (non-hydrogen) atoms. The van der Waals surface area contributed by atoms with Crippen LogP contribution in [0.1, 0.15) is 19.4 Å². The minimum absolute atomic E-state index is 0.00657. The lowest BCUT2D eigenvalue weighted by atomic mass is 9.66. The lowest BCUT2D eigenvalue weighted by Crippen LogP contribution is -2.75. The van der Waals surface area contributed by atoms with Gasteiger partial charge in [0.15, 0.2) is 5.41 Å². The highest BCUT2D eigenvalue weighted by atomic mass is 19.1. The highest BCUT2D eigenvalue weighted by Crippen LogP contribution is 2.48.